The van der Waals surface area contributed by atoms with Gasteiger partial charge in [0.2, 0.25) is 5.95 Å². The highest BCUT2D eigenvalue weighted by Crippen LogP contribution is 2.27. The first-order chi connectivity index (χ1) is 8.72. The Labute approximate surface area is 113 Å². The summed E-state index contributed by atoms with van der Waals surface area (Å²) in [6.07, 6.45) is 6.11. The summed E-state index contributed by atoms with van der Waals surface area (Å²) in [4.78, 5) is 4.33. The van der Waals surface area contributed by atoms with Crippen molar-refractivity contribution in [2.75, 3.05) is 5.32 Å². The van der Waals surface area contributed by atoms with Crippen LogP contribution >= 0.6 is 11.6 Å². The van der Waals surface area contributed by atoms with Crippen molar-refractivity contribution in [3.63, 3.8) is 0 Å². The molecule has 0 aliphatic heterocycles. The normalized spacial score (nSPS) is 10.6. The number of unbranched alkanes of at least 4 members (excludes halogenated alkanes) is 1. The predicted octanol–water partition coefficient (Wildman–Crippen LogP) is 4.39. The van der Waals surface area contributed by atoms with Crippen LogP contribution < -0.4 is 5.32 Å². The van der Waals surface area contributed by atoms with E-state index in [1.807, 2.05) is 37.5 Å². The maximum atomic E-state index is 6.27. The molecule has 1 N–H and O–H groups in total. The molecule has 1 aromatic heterocycles. The number of hydrogen-bond acceptors (Lipinski definition) is 2. The van der Waals surface area contributed by atoms with E-state index in [0.717, 1.165) is 35.2 Å². The largest absolute Gasteiger partial charge is 0.324 e. The Morgan fingerprint density at radius 1 is 1.39 bits per heavy atom. The number of hydrogen-bond donors (Lipinski definition) is 1. The summed E-state index contributed by atoms with van der Waals surface area (Å²) >= 11 is 6.27. The van der Waals surface area contributed by atoms with E-state index in [2.05, 4.69) is 21.8 Å². The second-order valence-corrected chi connectivity index (χ2v) is 4.74. The molecule has 0 saturated heterocycles. The highest BCUT2D eigenvalue weighted by atomic mass is 35.5. The Kier molecular flexibility index (Phi) is 4.26. The van der Waals surface area contributed by atoms with Gasteiger partial charge in [-0.1, -0.05) is 37.1 Å². The third-order valence-electron chi connectivity index (χ3n) is 2.91. The molecule has 2 aromatic rings. The van der Waals surface area contributed by atoms with Crippen molar-refractivity contribution in [3.05, 3.63) is 41.2 Å². The fraction of sp³-hybridized carbons (Fsp3) is 0.357. The molecule has 0 fully saturated rings. The molecule has 0 atom stereocenters. The standard InChI is InChI=1S/C14H18ClN3/c1-3-4-9-18-10-8-16-14(18)17-12-7-5-6-11(2)13(12)15/h5-8,10H,3-4,9H2,1-2H3,(H,16,17). The minimum atomic E-state index is 0.752. The zero-order valence-corrected chi connectivity index (χ0v) is 11.5. The SMILES string of the molecule is CCCCn1ccnc1Nc1cccc(C)c1Cl. The third kappa shape index (κ3) is 2.85. The topological polar surface area (TPSA) is 29.9 Å². The van der Waals surface area contributed by atoms with Crippen LogP contribution in [-0.2, 0) is 6.54 Å². The van der Waals surface area contributed by atoms with Crippen molar-refractivity contribution in [2.24, 2.45) is 0 Å². The molecule has 0 spiro atoms. The fourth-order valence-electron chi connectivity index (χ4n) is 1.81. The van der Waals surface area contributed by atoms with Gasteiger partial charge >= 0.3 is 0 Å². The molecule has 0 radical (unpaired) electrons. The van der Waals surface area contributed by atoms with E-state index in [9.17, 15) is 0 Å². The summed E-state index contributed by atoms with van der Waals surface area (Å²) < 4.78 is 2.11. The van der Waals surface area contributed by atoms with Gasteiger partial charge in [-0.3, -0.25) is 0 Å². The van der Waals surface area contributed by atoms with Gasteiger partial charge in [0.15, 0.2) is 0 Å². The Bertz CT molecular complexity index is 520. The zero-order valence-electron chi connectivity index (χ0n) is 10.8. The molecule has 0 bridgehead atoms. The Morgan fingerprint density at radius 3 is 3.00 bits per heavy atom. The zero-order chi connectivity index (χ0) is 13.0. The molecule has 0 aliphatic rings. The predicted molar refractivity (Wildman–Crippen MR) is 76.6 cm³/mol. The summed E-state index contributed by atoms with van der Waals surface area (Å²) in [5.74, 6) is 0.843. The van der Waals surface area contributed by atoms with Crippen LogP contribution in [0.1, 0.15) is 25.3 Å². The number of nitrogens with zero attached hydrogens (tertiary/aromatic N) is 2. The molecule has 1 aromatic carbocycles. The lowest BCUT2D eigenvalue weighted by atomic mass is 10.2. The molecule has 0 amide bonds. The maximum absolute atomic E-state index is 6.27. The van der Waals surface area contributed by atoms with Crippen LogP contribution in [0, 0.1) is 6.92 Å². The van der Waals surface area contributed by atoms with E-state index in [-0.39, 0.29) is 0 Å². The Morgan fingerprint density at radius 2 is 2.22 bits per heavy atom. The van der Waals surface area contributed by atoms with Crippen LogP contribution in [0.25, 0.3) is 0 Å². The van der Waals surface area contributed by atoms with E-state index >= 15 is 0 Å². The van der Waals surface area contributed by atoms with E-state index in [1.54, 1.807) is 0 Å². The Hall–Kier alpha value is -1.48. The quantitative estimate of drug-likeness (QED) is 0.867. The first-order valence-electron chi connectivity index (χ1n) is 6.25. The number of benzene rings is 1. The monoisotopic (exact) mass is 263 g/mol. The van der Waals surface area contributed by atoms with Crippen molar-refractivity contribution in [3.8, 4) is 0 Å². The van der Waals surface area contributed by atoms with Crippen LogP contribution in [0.15, 0.2) is 30.6 Å². The summed E-state index contributed by atoms with van der Waals surface area (Å²) in [6.45, 7) is 5.15. The molecule has 0 aliphatic carbocycles. The summed E-state index contributed by atoms with van der Waals surface area (Å²) in [5, 5.41) is 4.04. The number of imidazole rings is 1. The molecular formula is C14H18ClN3. The first-order valence-corrected chi connectivity index (χ1v) is 6.63. The highest BCUT2D eigenvalue weighted by Gasteiger charge is 2.06. The number of anilines is 2. The fourth-order valence-corrected chi connectivity index (χ4v) is 1.98. The van der Waals surface area contributed by atoms with Gasteiger partial charge in [-0.05, 0) is 25.0 Å². The Balaban J connectivity index is 2.18. The average Bonchev–Trinajstić information content (AvgIpc) is 2.80. The smallest absolute Gasteiger partial charge is 0.207 e. The van der Waals surface area contributed by atoms with Gasteiger partial charge in [0.1, 0.15) is 0 Å². The molecule has 96 valence electrons. The van der Waals surface area contributed by atoms with Crippen LogP contribution in [0.5, 0.6) is 0 Å². The molecular weight excluding hydrogens is 246 g/mol. The molecule has 0 unspecified atom stereocenters. The van der Waals surface area contributed by atoms with E-state index in [4.69, 9.17) is 11.6 Å². The van der Waals surface area contributed by atoms with Gasteiger partial charge in [0.05, 0.1) is 10.7 Å². The summed E-state index contributed by atoms with van der Waals surface area (Å²) in [5.41, 5.74) is 1.97. The first kappa shape index (κ1) is 13.0. The minimum Gasteiger partial charge on any atom is -0.324 e. The van der Waals surface area contributed by atoms with Gasteiger partial charge in [0.25, 0.3) is 0 Å². The maximum Gasteiger partial charge on any atom is 0.207 e. The van der Waals surface area contributed by atoms with Gasteiger partial charge < -0.3 is 9.88 Å². The number of aryl methyl sites for hydroxylation is 2. The number of nitrogens with one attached hydrogen (secondary N) is 1. The van der Waals surface area contributed by atoms with Crippen LogP contribution in [-0.4, -0.2) is 9.55 Å². The summed E-state index contributed by atoms with van der Waals surface area (Å²) in [6, 6.07) is 5.95. The van der Waals surface area contributed by atoms with Gasteiger partial charge in [0, 0.05) is 18.9 Å². The van der Waals surface area contributed by atoms with Crippen molar-refractivity contribution in [2.45, 2.75) is 33.2 Å². The minimum absolute atomic E-state index is 0.752. The van der Waals surface area contributed by atoms with Crippen molar-refractivity contribution in [1.29, 1.82) is 0 Å². The van der Waals surface area contributed by atoms with Crippen molar-refractivity contribution in [1.82, 2.24) is 9.55 Å². The average molecular weight is 264 g/mol. The number of halogens is 1. The molecule has 0 saturated carbocycles. The van der Waals surface area contributed by atoms with Gasteiger partial charge in [-0.25, -0.2) is 4.98 Å². The molecule has 2 rings (SSSR count). The van der Waals surface area contributed by atoms with Gasteiger partial charge in [-0.2, -0.15) is 0 Å². The lowest BCUT2D eigenvalue weighted by Crippen LogP contribution is -2.03. The molecule has 18 heavy (non-hydrogen) atoms. The van der Waals surface area contributed by atoms with Crippen LogP contribution in [0.4, 0.5) is 11.6 Å². The van der Waals surface area contributed by atoms with E-state index in [1.165, 1.54) is 6.42 Å². The van der Waals surface area contributed by atoms with E-state index in [0.29, 0.717) is 0 Å². The van der Waals surface area contributed by atoms with Crippen molar-refractivity contribution >= 4 is 23.2 Å². The second-order valence-electron chi connectivity index (χ2n) is 4.36. The number of aromatic nitrogens is 2. The lowest BCUT2D eigenvalue weighted by molar-refractivity contribution is 0.638. The second kappa shape index (κ2) is 5.91. The molecule has 4 heteroatoms. The van der Waals surface area contributed by atoms with Crippen molar-refractivity contribution < 1.29 is 0 Å². The lowest BCUT2D eigenvalue weighted by Gasteiger charge is -2.11. The van der Waals surface area contributed by atoms with Gasteiger partial charge in [-0.15, -0.1) is 0 Å². The highest BCUT2D eigenvalue weighted by molar-refractivity contribution is 6.34. The third-order valence-corrected chi connectivity index (χ3v) is 3.41. The number of rotatable bonds is 5. The van der Waals surface area contributed by atoms with Crippen LogP contribution in [0.2, 0.25) is 5.02 Å². The molecule has 3 nitrogen and oxygen atoms in total. The van der Waals surface area contributed by atoms with Crippen LogP contribution in [0.3, 0.4) is 0 Å². The summed E-state index contributed by atoms with van der Waals surface area (Å²) in [7, 11) is 0. The molecule has 1 heterocycles. The van der Waals surface area contributed by atoms with E-state index < -0.39 is 0 Å².